The second kappa shape index (κ2) is 9.92. The minimum absolute atomic E-state index is 0.00516. The van der Waals surface area contributed by atoms with E-state index in [-0.39, 0.29) is 18.2 Å². The predicted molar refractivity (Wildman–Crippen MR) is 125 cm³/mol. The van der Waals surface area contributed by atoms with Crippen molar-refractivity contribution in [2.45, 2.75) is 77.9 Å². The Balaban J connectivity index is 1.67. The molecule has 1 fully saturated rings. The fourth-order valence-electron chi connectivity index (χ4n) is 5.15. The van der Waals surface area contributed by atoms with Crippen LogP contribution in [0.4, 0.5) is 0 Å². The van der Waals surface area contributed by atoms with Gasteiger partial charge in [0.25, 0.3) is 5.56 Å². The van der Waals surface area contributed by atoms with E-state index in [1.54, 1.807) is 0 Å². The van der Waals surface area contributed by atoms with Crippen molar-refractivity contribution in [2.75, 3.05) is 13.2 Å². The fraction of sp³-hybridized carbons (Fsp3) is 0.583. The van der Waals surface area contributed by atoms with Crippen LogP contribution in [0.25, 0.3) is 10.9 Å². The van der Waals surface area contributed by atoms with Crippen LogP contribution in [0.5, 0.6) is 0 Å². The lowest BCUT2D eigenvalue weighted by molar-refractivity contribution is 0.128. The van der Waals surface area contributed by atoms with E-state index in [1.165, 1.54) is 24.8 Å². The van der Waals surface area contributed by atoms with E-state index in [1.807, 2.05) is 17.7 Å². The van der Waals surface area contributed by atoms with E-state index in [9.17, 15) is 9.90 Å². The van der Waals surface area contributed by atoms with Crippen LogP contribution in [-0.2, 0) is 6.54 Å². The van der Waals surface area contributed by atoms with E-state index in [2.05, 4.69) is 51.4 Å². The van der Waals surface area contributed by atoms with Crippen molar-refractivity contribution in [2.24, 2.45) is 0 Å². The first-order valence-corrected chi connectivity index (χ1v) is 11.8. The number of nitrogens with one attached hydrogen (secondary N) is 1. The molecule has 1 aromatic carbocycles. The van der Waals surface area contributed by atoms with Gasteiger partial charge in [-0.1, -0.05) is 37.8 Å². The number of benzene rings is 1. The number of tetrazole rings is 1. The summed E-state index contributed by atoms with van der Waals surface area (Å²) in [4.78, 5) is 18.1. The zero-order chi connectivity index (χ0) is 22.7. The molecule has 3 aromatic rings. The molecule has 2 heterocycles. The average molecular weight is 439 g/mol. The summed E-state index contributed by atoms with van der Waals surface area (Å²) in [5, 5.41) is 23.6. The molecule has 0 bridgehead atoms. The van der Waals surface area contributed by atoms with Crippen LogP contribution in [0.3, 0.4) is 0 Å². The van der Waals surface area contributed by atoms with Crippen molar-refractivity contribution in [3.8, 4) is 0 Å². The molecule has 0 saturated heterocycles. The van der Waals surface area contributed by atoms with Crippen molar-refractivity contribution in [1.29, 1.82) is 0 Å². The standard InChI is InChI=1S/C24H34N6O2/c1-4-21(23-26-27-28-30(23)20-8-6-5-7-9-20)29(10-11-31)15-19-14-18-13-16(2)12-17(3)22(18)25-24(19)32/h12-14,20-21,31H,4-11,15H2,1-3H3,(H,25,32). The number of aromatic nitrogens is 5. The highest BCUT2D eigenvalue weighted by Gasteiger charge is 2.28. The second-order valence-electron chi connectivity index (χ2n) is 9.06. The lowest BCUT2D eigenvalue weighted by Gasteiger charge is -2.31. The number of aromatic amines is 1. The van der Waals surface area contributed by atoms with Crippen molar-refractivity contribution >= 4 is 10.9 Å². The summed E-state index contributed by atoms with van der Waals surface area (Å²) in [6.07, 6.45) is 6.65. The normalized spacial score (nSPS) is 16.2. The monoisotopic (exact) mass is 438 g/mol. The molecule has 8 heteroatoms. The minimum atomic E-state index is -0.0888. The van der Waals surface area contributed by atoms with Crippen molar-refractivity contribution in [1.82, 2.24) is 30.1 Å². The van der Waals surface area contributed by atoms with Crippen LogP contribution in [0.1, 0.15) is 80.0 Å². The van der Waals surface area contributed by atoms with Gasteiger partial charge in [0.2, 0.25) is 0 Å². The molecule has 1 atom stereocenters. The molecule has 4 rings (SSSR count). The van der Waals surface area contributed by atoms with E-state index < -0.39 is 0 Å². The van der Waals surface area contributed by atoms with Gasteiger partial charge in [0.15, 0.2) is 5.82 Å². The lowest BCUT2D eigenvalue weighted by Crippen LogP contribution is -2.35. The number of nitrogens with zero attached hydrogens (tertiary/aromatic N) is 5. The molecule has 2 aromatic heterocycles. The largest absolute Gasteiger partial charge is 0.395 e. The number of aliphatic hydroxyl groups excluding tert-OH is 1. The van der Waals surface area contributed by atoms with Gasteiger partial charge >= 0.3 is 0 Å². The van der Waals surface area contributed by atoms with Gasteiger partial charge in [-0.25, -0.2) is 4.68 Å². The highest BCUT2D eigenvalue weighted by atomic mass is 16.3. The topological polar surface area (TPSA) is 99.9 Å². The number of hydrogen-bond acceptors (Lipinski definition) is 6. The van der Waals surface area contributed by atoms with Crippen LogP contribution in [-0.4, -0.2) is 48.3 Å². The van der Waals surface area contributed by atoms with E-state index in [0.717, 1.165) is 41.6 Å². The van der Waals surface area contributed by atoms with E-state index in [0.29, 0.717) is 24.7 Å². The highest BCUT2D eigenvalue weighted by molar-refractivity contribution is 5.82. The summed E-state index contributed by atoms with van der Waals surface area (Å²) in [7, 11) is 0. The maximum absolute atomic E-state index is 12.9. The number of H-pyrrole nitrogens is 1. The smallest absolute Gasteiger partial charge is 0.252 e. The molecule has 0 radical (unpaired) electrons. The molecule has 1 saturated carbocycles. The number of rotatable bonds is 8. The predicted octanol–water partition coefficient (Wildman–Crippen LogP) is 3.58. The molecule has 2 N–H and O–H groups in total. The summed E-state index contributed by atoms with van der Waals surface area (Å²) >= 11 is 0. The van der Waals surface area contributed by atoms with Crippen LogP contribution in [0.15, 0.2) is 23.0 Å². The molecule has 8 nitrogen and oxygen atoms in total. The average Bonchev–Trinajstić information content (AvgIpc) is 3.26. The minimum Gasteiger partial charge on any atom is -0.395 e. The first kappa shape index (κ1) is 22.6. The van der Waals surface area contributed by atoms with Gasteiger partial charge < -0.3 is 10.1 Å². The molecule has 1 aliphatic carbocycles. The summed E-state index contributed by atoms with van der Waals surface area (Å²) in [5.41, 5.74) is 3.71. The van der Waals surface area contributed by atoms with E-state index in [4.69, 9.17) is 0 Å². The third-order valence-corrected chi connectivity index (χ3v) is 6.70. The summed E-state index contributed by atoms with van der Waals surface area (Å²) in [5.74, 6) is 0.830. The molecular weight excluding hydrogens is 404 g/mol. The first-order chi connectivity index (χ1) is 15.5. The van der Waals surface area contributed by atoms with Crippen molar-refractivity contribution < 1.29 is 5.11 Å². The van der Waals surface area contributed by atoms with E-state index >= 15 is 0 Å². The number of fused-ring (bicyclic) bond motifs is 1. The molecular formula is C24H34N6O2. The summed E-state index contributed by atoms with van der Waals surface area (Å²) in [6, 6.07) is 6.41. The zero-order valence-electron chi connectivity index (χ0n) is 19.3. The Hall–Kier alpha value is -2.58. The van der Waals surface area contributed by atoms with Crippen molar-refractivity contribution in [3.05, 3.63) is 51.1 Å². The molecule has 1 unspecified atom stereocenters. The van der Waals surface area contributed by atoms with Gasteiger partial charge in [-0.05, 0) is 66.6 Å². The maximum atomic E-state index is 12.9. The Bertz CT molecular complexity index is 1120. The third-order valence-electron chi connectivity index (χ3n) is 6.70. The van der Waals surface area contributed by atoms with Gasteiger partial charge in [-0.2, -0.15) is 0 Å². The molecule has 32 heavy (non-hydrogen) atoms. The Morgan fingerprint density at radius 3 is 2.72 bits per heavy atom. The molecule has 0 aliphatic heterocycles. The Morgan fingerprint density at radius 2 is 2.00 bits per heavy atom. The van der Waals surface area contributed by atoms with Gasteiger partial charge in [0.1, 0.15) is 0 Å². The number of hydrogen-bond donors (Lipinski definition) is 2. The molecule has 172 valence electrons. The van der Waals surface area contributed by atoms with Gasteiger partial charge in [0, 0.05) is 18.7 Å². The Kier molecular flexibility index (Phi) is 7.01. The SMILES string of the molecule is CCC(c1nnnn1C1CCCCC1)N(CCO)Cc1cc2cc(C)cc(C)c2[nH]c1=O. The summed E-state index contributed by atoms with van der Waals surface area (Å²) in [6.45, 7) is 7.06. The number of aliphatic hydroxyl groups is 1. The highest BCUT2D eigenvalue weighted by Crippen LogP contribution is 2.32. The number of aryl methyl sites for hydroxylation is 2. The summed E-state index contributed by atoms with van der Waals surface area (Å²) < 4.78 is 2.00. The maximum Gasteiger partial charge on any atom is 0.252 e. The fourth-order valence-corrected chi connectivity index (χ4v) is 5.15. The third kappa shape index (κ3) is 4.61. The zero-order valence-corrected chi connectivity index (χ0v) is 19.3. The first-order valence-electron chi connectivity index (χ1n) is 11.8. The Labute approximate surface area is 188 Å². The van der Waals surface area contributed by atoms with Crippen LogP contribution < -0.4 is 5.56 Å². The molecule has 0 spiro atoms. The van der Waals surface area contributed by atoms with Crippen LogP contribution in [0.2, 0.25) is 0 Å². The van der Waals surface area contributed by atoms with Gasteiger partial charge in [0.05, 0.1) is 24.2 Å². The van der Waals surface area contributed by atoms with Crippen molar-refractivity contribution in [3.63, 3.8) is 0 Å². The molecule has 0 amide bonds. The van der Waals surface area contributed by atoms with Gasteiger partial charge in [-0.3, -0.25) is 9.69 Å². The van der Waals surface area contributed by atoms with Gasteiger partial charge in [-0.15, -0.1) is 5.10 Å². The van der Waals surface area contributed by atoms with Crippen LogP contribution >= 0.6 is 0 Å². The number of pyridine rings is 1. The molecule has 1 aliphatic rings. The lowest BCUT2D eigenvalue weighted by atomic mass is 9.95. The second-order valence-corrected chi connectivity index (χ2v) is 9.06. The Morgan fingerprint density at radius 1 is 1.22 bits per heavy atom. The van der Waals surface area contributed by atoms with Crippen LogP contribution in [0, 0.1) is 13.8 Å². The quantitative estimate of drug-likeness (QED) is 0.558.